The summed E-state index contributed by atoms with van der Waals surface area (Å²) in [5, 5.41) is 0. The molecule has 2 aliphatic rings. The molecule has 0 amide bonds. The van der Waals surface area contributed by atoms with Gasteiger partial charge in [-0.3, -0.25) is 4.90 Å². The first kappa shape index (κ1) is 11.8. The van der Waals surface area contributed by atoms with Crippen LogP contribution in [0.1, 0.15) is 19.4 Å². The van der Waals surface area contributed by atoms with E-state index in [0.29, 0.717) is 12.6 Å². The van der Waals surface area contributed by atoms with Crippen molar-refractivity contribution in [3.63, 3.8) is 0 Å². The Balaban J connectivity index is 1.75. The van der Waals surface area contributed by atoms with Crippen LogP contribution in [0.2, 0.25) is 0 Å². The summed E-state index contributed by atoms with van der Waals surface area (Å²) in [7, 11) is 0. The number of fused-ring (bicyclic) bond motifs is 1. The fraction of sp³-hybridized carbons (Fsp3) is 0.571. The van der Waals surface area contributed by atoms with Crippen LogP contribution in [0.15, 0.2) is 18.2 Å². The fourth-order valence-corrected chi connectivity index (χ4v) is 2.70. The van der Waals surface area contributed by atoms with Crippen molar-refractivity contribution in [2.75, 3.05) is 31.1 Å². The summed E-state index contributed by atoms with van der Waals surface area (Å²) in [5.74, 6) is 0.874. The molecule has 1 fully saturated rings. The lowest BCUT2D eigenvalue weighted by Gasteiger charge is -2.38. The molecule has 0 aromatic heterocycles. The van der Waals surface area contributed by atoms with E-state index >= 15 is 0 Å². The van der Waals surface area contributed by atoms with E-state index in [1.165, 1.54) is 11.3 Å². The van der Waals surface area contributed by atoms with E-state index in [4.69, 9.17) is 9.78 Å². The van der Waals surface area contributed by atoms with Gasteiger partial charge in [0.05, 0.1) is 5.56 Å². The maximum absolute atomic E-state index is 5.15. The minimum absolute atomic E-state index is 0.565. The van der Waals surface area contributed by atoms with E-state index in [-0.39, 0.29) is 0 Å². The highest BCUT2D eigenvalue weighted by molar-refractivity contribution is 5.60. The molecule has 98 valence electrons. The molecule has 1 aromatic rings. The number of hydrogen-bond acceptors (Lipinski definition) is 4. The van der Waals surface area contributed by atoms with Crippen LogP contribution >= 0.6 is 0 Å². The maximum Gasteiger partial charge on any atom is 0.173 e. The lowest BCUT2D eigenvalue weighted by Crippen LogP contribution is -2.49. The smallest absolute Gasteiger partial charge is 0.173 e. The Morgan fingerprint density at radius 3 is 2.61 bits per heavy atom. The van der Waals surface area contributed by atoms with Gasteiger partial charge in [-0.2, -0.15) is 4.89 Å². The zero-order chi connectivity index (χ0) is 12.5. The van der Waals surface area contributed by atoms with E-state index in [0.717, 1.165) is 31.9 Å². The highest BCUT2D eigenvalue weighted by Crippen LogP contribution is 2.34. The average Bonchev–Trinajstić information content (AvgIpc) is 2.87. The molecule has 0 atom stereocenters. The van der Waals surface area contributed by atoms with Gasteiger partial charge >= 0.3 is 0 Å². The van der Waals surface area contributed by atoms with Crippen molar-refractivity contribution < 1.29 is 9.78 Å². The molecule has 0 radical (unpaired) electrons. The first-order valence-electron chi connectivity index (χ1n) is 6.66. The Bertz CT molecular complexity index is 426. The van der Waals surface area contributed by atoms with Crippen molar-refractivity contribution in [2.24, 2.45) is 0 Å². The predicted molar refractivity (Wildman–Crippen MR) is 70.8 cm³/mol. The summed E-state index contributed by atoms with van der Waals surface area (Å²) in [4.78, 5) is 15.2. The molecule has 18 heavy (non-hydrogen) atoms. The van der Waals surface area contributed by atoms with Crippen molar-refractivity contribution in [2.45, 2.75) is 26.5 Å². The SMILES string of the molecule is CC(C)N1CCN(c2cccc3c2COO3)CC1. The molecule has 4 heteroatoms. The van der Waals surface area contributed by atoms with Gasteiger partial charge < -0.3 is 9.79 Å². The molecule has 0 bridgehead atoms. The maximum atomic E-state index is 5.15. The monoisotopic (exact) mass is 248 g/mol. The van der Waals surface area contributed by atoms with E-state index < -0.39 is 0 Å². The lowest BCUT2D eigenvalue weighted by molar-refractivity contribution is -0.194. The summed E-state index contributed by atoms with van der Waals surface area (Å²) in [6.45, 7) is 9.50. The highest BCUT2D eigenvalue weighted by atomic mass is 17.2. The number of anilines is 1. The number of nitrogens with zero attached hydrogens (tertiary/aromatic N) is 2. The summed E-state index contributed by atoms with van der Waals surface area (Å²) < 4.78 is 0. The van der Waals surface area contributed by atoms with Crippen molar-refractivity contribution >= 4 is 5.69 Å². The lowest BCUT2D eigenvalue weighted by atomic mass is 10.1. The summed E-state index contributed by atoms with van der Waals surface area (Å²) in [5.41, 5.74) is 2.46. The topological polar surface area (TPSA) is 24.9 Å². The zero-order valence-electron chi connectivity index (χ0n) is 11.1. The van der Waals surface area contributed by atoms with Gasteiger partial charge in [-0.15, -0.1) is 0 Å². The third-order valence-corrected chi connectivity index (χ3v) is 3.85. The van der Waals surface area contributed by atoms with Gasteiger partial charge in [0.15, 0.2) is 5.75 Å². The Kier molecular flexibility index (Phi) is 3.14. The molecule has 2 heterocycles. The standard InChI is InChI=1S/C14H20N2O2/c1-11(2)15-6-8-16(9-7-15)13-4-3-5-14-12(13)10-17-18-14/h3-5,11H,6-10H2,1-2H3. The number of benzene rings is 1. The van der Waals surface area contributed by atoms with Crippen LogP contribution in [0.25, 0.3) is 0 Å². The molecule has 3 rings (SSSR count). The van der Waals surface area contributed by atoms with Gasteiger partial charge in [0, 0.05) is 37.9 Å². The molecule has 2 aliphatic heterocycles. The molecule has 0 N–H and O–H groups in total. The van der Waals surface area contributed by atoms with Crippen LogP contribution in [0.5, 0.6) is 5.75 Å². The summed E-state index contributed by atoms with van der Waals surface area (Å²) in [6, 6.07) is 6.82. The van der Waals surface area contributed by atoms with Crippen molar-refractivity contribution in [3.8, 4) is 5.75 Å². The first-order valence-corrected chi connectivity index (χ1v) is 6.66. The van der Waals surface area contributed by atoms with Gasteiger partial charge in [0.25, 0.3) is 0 Å². The molecule has 0 aliphatic carbocycles. The van der Waals surface area contributed by atoms with Crippen LogP contribution in [0, 0.1) is 0 Å². The minimum Gasteiger partial charge on any atom is -0.369 e. The Morgan fingerprint density at radius 2 is 1.89 bits per heavy atom. The van der Waals surface area contributed by atoms with E-state index in [1.54, 1.807) is 0 Å². The van der Waals surface area contributed by atoms with Crippen LogP contribution in [0.3, 0.4) is 0 Å². The molecular weight excluding hydrogens is 228 g/mol. The van der Waals surface area contributed by atoms with Gasteiger partial charge in [-0.25, -0.2) is 0 Å². The van der Waals surface area contributed by atoms with E-state index in [9.17, 15) is 0 Å². The minimum atomic E-state index is 0.565. The molecule has 1 saturated heterocycles. The van der Waals surface area contributed by atoms with Gasteiger partial charge in [-0.1, -0.05) is 6.07 Å². The molecule has 0 unspecified atom stereocenters. The normalized spacial score (nSPS) is 20.1. The number of piperazine rings is 1. The second-order valence-corrected chi connectivity index (χ2v) is 5.22. The fourth-order valence-electron chi connectivity index (χ4n) is 2.70. The second kappa shape index (κ2) is 4.78. The number of rotatable bonds is 2. The van der Waals surface area contributed by atoms with Crippen molar-refractivity contribution in [3.05, 3.63) is 23.8 Å². The van der Waals surface area contributed by atoms with Crippen molar-refractivity contribution in [1.82, 2.24) is 4.90 Å². The molecule has 4 nitrogen and oxygen atoms in total. The Labute approximate surface area is 108 Å². The Morgan fingerprint density at radius 1 is 1.11 bits per heavy atom. The van der Waals surface area contributed by atoms with Crippen LogP contribution in [-0.2, 0) is 11.5 Å². The Hall–Kier alpha value is -1.26. The predicted octanol–water partition coefficient (Wildman–Crippen LogP) is 2.04. The number of hydrogen-bond donors (Lipinski definition) is 0. The molecule has 0 spiro atoms. The first-order chi connectivity index (χ1) is 8.75. The third kappa shape index (κ3) is 2.06. The average molecular weight is 248 g/mol. The molecule has 0 saturated carbocycles. The summed E-state index contributed by atoms with van der Waals surface area (Å²) in [6.07, 6.45) is 0. The van der Waals surface area contributed by atoms with Crippen LogP contribution in [0.4, 0.5) is 5.69 Å². The van der Waals surface area contributed by atoms with Gasteiger partial charge in [0.2, 0.25) is 0 Å². The summed E-state index contributed by atoms with van der Waals surface area (Å²) >= 11 is 0. The van der Waals surface area contributed by atoms with Crippen LogP contribution in [-0.4, -0.2) is 37.1 Å². The van der Waals surface area contributed by atoms with Crippen molar-refractivity contribution in [1.29, 1.82) is 0 Å². The largest absolute Gasteiger partial charge is 0.369 e. The van der Waals surface area contributed by atoms with E-state index in [1.807, 2.05) is 12.1 Å². The van der Waals surface area contributed by atoms with Gasteiger partial charge in [-0.05, 0) is 26.0 Å². The molecular formula is C14H20N2O2. The van der Waals surface area contributed by atoms with Crippen LogP contribution < -0.4 is 9.79 Å². The van der Waals surface area contributed by atoms with E-state index in [2.05, 4.69) is 29.7 Å². The quantitative estimate of drug-likeness (QED) is 0.748. The second-order valence-electron chi connectivity index (χ2n) is 5.22. The third-order valence-electron chi connectivity index (χ3n) is 3.85. The van der Waals surface area contributed by atoms with Gasteiger partial charge in [0.1, 0.15) is 6.61 Å². The highest BCUT2D eigenvalue weighted by Gasteiger charge is 2.24. The zero-order valence-corrected chi connectivity index (χ0v) is 11.1. The molecule has 1 aromatic carbocycles.